The van der Waals surface area contributed by atoms with E-state index in [-0.39, 0.29) is 18.4 Å². The molecule has 1 heterocycles. The monoisotopic (exact) mass is 391 g/mol. The number of carbonyl (C=O) groups is 3. The highest BCUT2D eigenvalue weighted by Crippen LogP contribution is 2.39. The Bertz CT molecular complexity index is 943. The molecule has 4 rings (SSSR count). The van der Waals surface area contributed by atoms with Crippen LogP contribution in [0.1, 0.15) is 36.5 Å². The molecule has 0 aromatic heterocycles. The molecule has 1 saturated heterocycles. The number of nitrogens with zero attached hydrogens (tertiary/aromatic N) is 2. The van der Waals surface area contributed by atoms with Gasteiger partial charge in [-0.2, -0.15) is 0 Å². The van der Waals surface area contributed by atoms with E-state index in [1.165, 1.54) is 0 Å². The maximum Gasteiger partial charge on any atom is 0.325 e. The van der Waals surface area contributed by atoms with Crippen LogP contribution in [0.3, 0.4) is 0 Å². The van der Waals surface area contributed by atoms with Crippen molar-refractivity contribution in [1.82, 2.24) is 15.1 Å². The van der Waals surface area contributed by atoms with Crippen LogP contribution in [0.2, 0.25) is 0 Å². The Balaban J connectivity index is 1.53. The van der Waals surface area contributed by atoms with Gasteiger partial charge in [0.2, 0.25) is 5.91 Å². The molecule has 29 heavy (non-hydrogen) atoms. The number of carbonyl (C=O) groups excluding carboxylic acids is 3. The second kappa shape index (κ2) is 7.70. The zero-order valence-electron chi connectivity index (χ0n) is 16.6. The lowest BCUT2D eigenvalue weighted by molar-refractivity contribution is -0.139. The molecule has 0 saturated carbocycles. The first-order valence-corrected chi connectivity index (χ1v) is 10.1. The average Bonchev–Trinajstić information content (AvgIpc) is 2.97. The van der Waals surface area contributed by atoms with Gasteiger partial charge in [0, 0.05) is 13.1 Å². The Morgan fingerprint density at radius 3 is 2.59 bits per heavy atom. The molecule has 1 spiro atoms. The van der Waals surface area contributed by atoms with Crippen LogP contribution in [0.25, 0.3) is 0 Å². The fourth-order valence-corrected chi connectivity index (χ4v) is 4.37. The molecule has 0 radical (unpaired) electrons. The van der Waals surface area contributed by atoms with Crippen LogP contribution in [-0.4, -0.2) is 40.7 Å². The molecule has 1 aliphatic heterocycles. The van der Waals surface area contributed by atoms with Crippen molar-refractivity contribution in [2.45, 2.75) is 38.3 Å². The second-order valence-corrected chi connectivity index (χ2v) is 7.63. The molecule has 6 nitrogen and oxygen atoms in total. The number of hydrogen-bond donors (Lipinski definition) is 1. The maximum absolute atomic E-state index is 13.3. The van der Waals surface area contributed by atoms with E-state index in [1.807, 2.05) is 61.5 Å². The first-order chi connectivity index (χ1) is 14.0. The molecule has 0 bridgehead atoms. The molecule has 1 N–H and O–H groups in total. The Hall–Kier alpha value is -3.15. The van der Waals surface area contributed by atoms with Crippen LogP contribution in [0.4, 0.5) is 4.79 Å². The Morgan fingerprint density at radius 1 is 1.10 bits per heavy atom. The average molecular weight is 391 g/mol. The van der Waals surface area contributed by atoms with Gasteiger partial charge in [-0.05, 0) is 42.9 Å². The lowest BCUT2D eigenvalue weighted by Gasteiger charge is -2.33. The van der Waals surface area contributed by atoms with Crippen molar-refractivity contribution in [1.29, 1.82) is 0 Å². The van der Waals surface area contributed by atoms with E-state index in [0.717, 1.165) is 34.4 Å². The predicted molar refractivity (Wildman–Crippen MR) is 109 cm³/mol. The summed E-state index contributed by atoms with van der Waals surface area (Å²) in [5.41, 5.74) is 1.91. The molecule has 4 amide bonds. The molecule has 150 valence electrons. The van der Waals surface area contributed by atoms with Gasteiger partial charge in [-0.3, -0.25) is 14.5 Å². The molecular formula is C23H25N3O3. The number of imide groups is 1. The first-order valence-electron chi connectivity index (χ1n) is 10.1. The van der Waals surface area contributed by atoms with Crippen molar-refractivity contribution in [3.05, 3.63) is 71.3 Å². The van der Waals surface area contributed by atoms with Crippen molar-refractivity contribution in [2.75, 3.05) is 13.1 Å². The van der Waals surface area contributed by atoms with Crippen LogP contribution >= 0.6 is 0 Å². The Kier molecular flexibility index (Phi) is 5.09. The summed E-state index contributed by atoms with van der Waals surface area (Å²) in [6.07, 6.45) is 2.27. The topological polar surface area (TPSA) is 69.7 Å². The number of urea groups is 1. The minimum Gasteiger partial charge on any atom is -0.337 e. The Labute approximate surface area is 170 Å². The maximum atomic E-state index is 13.3. The van der Waals surface area contributed by atoms with Crippen molar-refractivity contribution in [3.8, 4) is 0 Å². The van der Waals surface area contributed by atoms with Gasteiger partial charge >= 0.3 is 6.03 Å². The number of rotatable bonds is 5. The number of fused-ring (bicyclic) bond motifs is 2. The van der Waals surface area contributed by atoms with Crippen LogP contribution in [0.15, 0.2) is 54.6 Å². The minimum absolute atomic E-state index is 0.235. The second-order valence-electron chi connectivity index (χ2n) is 7.63. The first kappa shape index (κ1) is 19.2. The van der Waals surface area contributed by atoms with Gasteiger partial charge in [-0.1, -0.05) is 54.6 Å². The van der Waals surface area contributed by atoms with Crippen molar-refractivity contribution >= 4 is 17.8 Å². The van der Waals surface area contributed by atoms with Crippen LogP contribution in [-0.2, 0) is 28.1 Å². The fraction of sp³-hybridized carbons (Fsp3) is 0.348. The number of hydrogen-bond acceptors (Lipinski definition) is 3. The van der Waals surface area contributed by atoms with Crippen LogP contribution in [0, 0.1) is 0 Å². The summed E-state index contributed by atoms with van der Waals surface area (Å²) in [5, 5.41) is 2.90. The number of amides is 4. The summed E-state index contributed by atoms with van der Waals surface area (Å²) in [5.74, 6) is -0.556. The van der Waals surface area contributed by atoms with E-state index < -0.39 is 11.6 Å². The van der Waals surface area contributed by atoms with Crippen molar-refractivity contribution < 1.29 is 14.4 Å². The molecular weight excluding hydrogens is 366 g/mol. The molecule has 2 aromatic carbocycles. The van der Waals surface area contributed by atoms with E-state index in [9.17, 15) is 14.4 Å². The van der Waals surface area contributed by atoms with Gasteiger partial charge in [-0.25, -0.2) is 4.79 Å². The zero-order valence-corrected chi connectivity index (χ0v) is 16.6. The highest BCUT2D eigenvalue weighted by molar-refractivity contribution is 6.09. The highest BCUT2D eigenvalue weighted by atomic mass is 16.2. The van der Waals surface area contributed by atoms with Crippen molar-refractivity contribution in [3.63, 3.8) is 0 Å². The summed E-state index contributed by atoms with van der Waals surface area (Å²) < 4.78 is 0. The van der Waals surface area contributed by atoms with Gasteiger partial charge in [0.05, 0.1) is 0 Å². The molecule has 6 heteroatoms. The van der Waals surface area contributed by atoms with Crippen LogP contribution < -0.4 is 5.32 Å². The number of benzene rings is 2. The summed E-state index contributed by atoms with van der Waals surface area (Å²) >= 11 is 0. The summed E-state index contributed by atoms with van der Waals surface area (Å²) in [6.45, 7) is 2.61. The Morgan fingerprint density at radius 2 is 1.83 bits per heavy atom. The van der Waals surface area contributed by atoms with Gasteiger partial charge in [0.1, 0.15) is 12.1 Å². The molecule has 1 fully saturated rings. The molecule has 1 atom stereocenters. The van der Waals surface area contributed by atoms with E-state index in [4.69, 9.17) is 0 Å². The zero-order chi connectivity index (χ0) is 20.4. The third-order valence-electron chi connectivity index (χ3n) is 5.89. The van der Waals surface area contributed by atoms with Crippen molar-refractivity contribution in [2.24, 2.45) is 0 Å². The van der Waals surface area contributed by atoms with E-state index in [2.05, 4.69) is 5.32 Å². The van der Waals surface area contributed by atoms with Crippen LogP contribution in [0.5, 0.6) is 0 Å². The molecule has 1 unspecified atom stereocenters. The van der Waals surface area contributed by atoms with E-state index >= 15 is 0 Å². The van der Waals surface area contributed by atoms with Gasteiger partial charge < -0.3 is 10.2 Å². The van der Waals surface area contributed by atoms with Gasteiger partial charge in [-0.15, -0.1) is 0 Å². The quantitative estimate of drug-likeness (QED) is 0.797. The summed E-state index contributed by atoms with van der Waals surface area (Å²) in [7, 11) is 0. The standard InChI is InChI=1S/C23H25N3O3/c1-2-25(15-17-9-4-3-5-10-17)20(27)16-26-21(28)23(24-22(26)29)14-8-12-18-11-6-7-13-19(18)23/h3-7,9-11,13H,2,8,12,14-16H2,1H3,(H,24,29). The van der Waals surface area contributed by atoms with E-state index in [0.29, 0.717) is 19.5 Å². The molecule has 1 aliphatic carbocycles. The predicted octanol–water partition coefficient (Wildman–Crippen LogP) is 2.82. The minimum atomic E-state index is -1.04. The van der Waals surface area contributed by atoms with Gasteiger partial charge in [0.25, 0.3) is 5.91 Å². The van der Waals surface area contributed by atoms with E-state index in [1.54, 1.807) is 4.90 Å². The smallest absolute Gasteiger partial charge is 0.325 e. The number of likely N-dealkylation sites (N-methyl/N-ethyl adjacent to an activating group) is 1. The fourth-order valence-electron chi connectivity index (χ4n) is 4.37. The SMILES string of the molecule is CCN(Cc1ccccc1)C(=O)CN1C(=O)NC2(CCCc3ccccc32)C1=O. The summed E-state index contributed by atoms with van der Waals surface area (Å²) in [4.78, 5) is 41.7. The molecule has 2 aliphatic rings. The third kappa shape index (κ3) is 3.39. The largest absolute Gasteiger partial charge is 0.337 e. The number of nitrogens with one attached hydrogen (secondary N) is 1. The highest BCUT2D eigenvalue weighted by Gasteiger charge is 2.54. The lowest BCUT2D eigenvalue weighted by Crippen LogP contribution is -2.47. The van der Waals surface area contributed by atoms with Gasteiger partial charge in [0.15, 0.2) is 0 Å². The lowest BCUT2D eigenvalue weighted by atomic mass is 9.76. The normalized spacial score (nSPS) is 20.5. The summed E-state index contributed by atoms with van der Waals surface area (Å²) in [6, 6.07) is 16.9. The molecule has 2 aromatic rings. The number of aryl methyl sites for hydroxylation is 1. The third-order valence-corrected chi connectivity index (χ3v) is 5.89.